The molecule has 0 fully saturated rings. The summed E-state index contributed by atoms with van der Waals surface area (Å²) in [5.41, 5.74) is 1.76. The number of carbonyl (C=O) groups is 1. The smallest absolute Gasteiger partial charge is 0.272 e. The first-order chi connectivity index (χ1) is 11.5. The summed E-state index contributed by atoms with van der Waals surface area (Å²) in [6.07, 6.45) is 0. The fraction of sp³-hybridized carbons (Fsp3) is 0.118. The molecule has 1 aromatic heterocycles. The molecule has 0 saturated carbocycles. The highest BCUT2D eigenvalue weighted by atomic mass is 79.9. The van der Waals surface area contributed by atoms with Crippen molar-refractivity contribution in [3.8, 4) is 11.5 Å². The summed E-state index contributed by atoms with van der Waals surface area (Å²) in [4.78, 5) is 15.6. The molecule has 24 heavy (non-hydrogen) atoms. The van der Waals surface area contributed by atoms with E-state index in [4.69, 9.17) is 21.1 Å². The highest BCUT2D eigenvalue weighted by Crippen LogP contribution is 2.36. The van der Waals surface area contributed by atoms with Gasteiger partial charge >= 0.3 is 0 Å². The molecule has 0 aliphatic heterocycles. The summed E-state index contributed by atoms with van der Waals surface area (Å²) < 4.78 is 11.4. The number of methoxy groups -OCH3 is 2. The maximum absolute atomic E-state index is 12.5. The largest absolute Gasteiger partial charge is 0.493 e. The topological polar surface area (TPSA) is 63.3 Å². The number of fused-ring (bicyclic) bond motifs is 1. The third-order valence-electron chi connectivity index (χ3n) is 3.55. The molecule has 0 radical (unpaired) electrons. The second kappa shape index (κ2) is 6.75. The minimum Gasteiger partial charge on any atom is -0.493 e. The third-order valence-corrected chi connectivity index (χ3v) is 4.35. The highest BCUT2D eigenvalue weighted by Gasteiger charge is 2.15. The lowest BCUT2D eigenvalue weighted by Gasteiger charge is -2.12. The van der Waals surface area contributed by atoms with E-state index in [9.17, 15) is 4.79 Å². The van der Waals surface area contributed by atoms with Gasteiger partial charge < -0.3 is 19.8 Å². The summed E-state index contributed by atoms with van der Waals surface area (Å²) in [6, 6.07) is 10.7. The van der Waals surface area contributed by atoms with Crippen LogP contribution in [0.15, 0.2) is 40.9 Å². The van der Waals surface area contributed by atoms with Crippen LogP contribution in [0.2, 0.25) is 5.02 Å². The second-order valence-corrected chi connectivity index (χ2v) is 6.38. The average molecular weight is 410 g/mol. The van der Waals surface area contributed by atoms with Crippen molar-refractivity contribution >= 4 is 50.0 Å². The average Bonchev–Trinajstić information content (AvgIpc) is 2.99. The number of carbonyl (C=O) groups excluding carboxylic acids is 1. The summed E-state index contributed by atoms with van der Waals surface area (Å²) >= 11 is 9.62. The Labute approximate surface area is 152 Å². The second-order valence-electron chi connectivity index (χ2n) is 5.06. The molecule has 5 nitrogen and oxygen atoms in total. The van der Waals surface area contributed by atoms with Gasteiger partial charge in [-0.3, -0.25) is 4.79 Å². The number of hydrogen-bond acceptors (Lipinski definition) is 3. The summed E-state index contributed by atoms with van der Waals surface area (Å²) in [5, 5.41) is 4.08. The van der Waals surface area contributed by atoms with Crippen LogP contribution >= 0.6 is 27.5 Å². The van der Waals surface area contributed by atoms with Crippen molar-refractivity contribution in [2.24, 2.45) is 0 Å². The Morgan fingerprint density at radius 2 is 1.83 bits per heavy atom. The van der Waals surface area contributed by atoms with Gasteiger partial charge in [-0.05, 0) is 24.3 Å². The molecule has 3 rings (SSSR count). The molecule has 3 aromatic rings. The Kier molecular flexibility index (Phi) is 4.69. The van der Waals surface area contributed by atoms with E-state index in [0.29, 0.717) is 27.9 Å². The van der Waals surface area contributed by atoms with E-state index in [1.165, 1.54) is 14.2 Å². The molecule has 0 unspecified atom stereocenters. The van der Waals surface area contributed by atoms with Crippen molar-refractivity contribution in [2.45, 2.75) is 0 Å². The van der Waals surface area contributed by atoms with Crippen molar-refractivity contribution < 1.29 is 14.3 Å². The molecule has 1 amide bonds. The van der Waals surface area contributed by atoms with E-state index in [1.807, 2.05) is 18.2 Å². The number of nitrogens with one attached hydrogen (secondary N) is 2. The fourth-order valence-electron chi connectivity index (χ4n) is 2.37. The number of amides is 1. The van der Waals surface area contributed by atoms with Crippen LogP contribution in [0.3, 0.4) is 0 Å². The van der Waals surface area contributed by atoms with Crippen LogP contribution in [-0.4, -0.2) is 25.1 Å². The molecule has 0 aliphatic carbocycles. The molecule has 0 aliphatic rings. The maximum atomic E-state index is 12.5. The van der Waals surface area contributed by atoms with Gasteiger partial charge in [0.25, 0.3) is 5.91 Å². The van der Waals surface area contributed by atoms with Crippen LogP contribution in [0, 0.1) is 0 Å². The number of benzene rings is 2. The number of H-pyrrole nitrogens is 1. The highest BCUT2D eigenvalue weighted by molar-refractivity contribution is 9.10. The van der Waals surface area contributed by atoms with Gasteiger partial charge in [0.15, 0.2) is 11.5 Å². The van der Waals surface area contributed by atoms with Gasteiger partial charge in [-0.15, -0.1) is 0 Å². The lowest BCUT2D eigenvalue weighted by atomic mass is 10.2. The van der Waals surface area contributed by atoms with E-state index in [0.717, 1.165) is 15.4 Å². The van der Waals surface area contributed by atoms with Gasteiger partial charge in [-0.2, -0.15) is 0 Å². The van der Waals surface area contributed by atoms with E-state index >= 15 is 0 Å². The third kappa shape index (κ3) is 3.20. The number of aromatic amines is 1. The van der Waals surface area contributed by atoms with Gasteiger partial charge in [0, 0.05) is 27.5 Å². The van der Waals surface area contributed by atoms with Crippen molar-refractivity contribution in [1.82, 2.24) is 4.98 Å². The number of aromatic nitrogens is 1. The van der Waals surface area contributed by atoms with Gasteiger partial charge in [-0.25, -0.2) is 0 Å². The maximum Gasteiger partial charge on any atom is 0.272 e. The van der Waals surface area contributed by atoms with Crippen molar-refractivity contribution in [3.63, 3.8) is 0 Å². The quantitative estimate of drug-likeness (QED) is 0.647. The van der Waals surface area contributed by atoms with Gasteiger partial charge in [-0.1, -0.05) is 27.5 Å². The Morgan fingerprint density at radius 1 is 1.12 bits per heavy atom. The Morgan fingerprint density at radius 3 is 2.54 bits per heavy atom. The van der Waals surface area contributed by atoms with Crippen molar-refractivity contribution in [2.75, 3.05) is 19.5 Å². The SMILES string of the molecule is COc1cc(Cl)c(NC(=O)c2cc3cc(Br)ccc3[nH]2)cc1OC. The lowest BCUT2D eigenvalue weighted by Crippen LogP contribution is -2.12. The van der Waals surface area contributed by atoms with Crippen molar-refractivity contribution in [1.29, 1.82) is 0 Å². The summed E-state index contributed by atoms with van der Waals surface area (Å²) in [7, 11) is 3.04. The molecular weight excluding hydrogens is 396 g/mol. The Bertz CT molecular complexity index is 924. The normalized spacial score (nSPS) is 10.7. The van der Waals surface area contributed by atoms with Crippen LogP contribution < -0.4 is 14.8 Å². The number of anilines is 1. The summed E-state index contributed by atoms with van der Waals surface area (Å²) in [5.74, 6) is 0.685. The van der Waals surface area contributed by atoms with Gasteiger partial charge in [0.1, 0.15) is 5.69 Å². The Balaban J connectivity index is 1.90. The first-order valence-corrected chi connectivity index (χ1v) is 8.20. The van der Waals surface area contributed by atoms with E-state index < -0.39 is 0 Å². The number of hydrogen-bond donors (Lipinski definition) is 2. The van der Waals surface area contributed by atoms with Crippen LogP contribution in [-0.2, 0) is 0 Å². The lowest BCUT2D eigenvalue weighted by molar-refractivity contribution is 0.102. The molecule has 7 heteroatoms. The predicted octanol–water partition coefficient (Wildman–Crippen LogP) is 4.85. The zero-order valence-corrected chi connectivity index (χ0v) is 15.3. The van der Waals surface area contributed by atoms with E-state index in [2.05, 4.69) is 26.2 Å². The zero-order valence-electron chi connectivity index (χ0n) is 12.9. The first-order valence-electron chi connectivity index (χ1n) is 7.03. The Hall–Kier alpha value is -2.18. The number of ether oxygens (including phenoxy) is 2. The molecule has 0 atom stereocenters. The standard InChI is InChI=1S/C17H14BrClN2O3/c1-23-15-7-11(19)13(8-16(15)24-2)21-17(22)14-6-9-5-10(18)3-4-12(9)20-14/h3-8,20H,1-2H3,(H,21,22). The first kappa shape index (κ1) is 16.7. The minimum absolute atomic E-state index is 0.295. The monoisotopic (exact) mass is 408 g/mol. The predicted molar refractivity (Wildman–Crippen MR) is 98.5 cm³/mol. The zero-order chi connectivity index (χ0) is 17.3. The summed E-state index contributed by atoms with van der Waals surface area (Å²) in [6.45, 7) is 0. The van der Waals surface area contributed by atoms with Crippen LogP contribution in [0.25, 0.3) is 10.9 Å². The number of rotatable bonds is 4. The molecule has 2 N–H and O–H groups in total. The molecule has 0 bridgehead atoms. The van der Waals surface area contributed by atoms with Crippen molar-refractivity contribution in [3.05, 3.63) is 51.6 Å². The van der Waals surface area contributed by atoms with Crippen LogP contribution in [0.4, 0.5) is 5.69 Å². The van der Waals surface area contributed by atoms with Gasteiger partial charge in [0.05, 0.1) is 24.9 Å². The molecular formula is C17H14BrClN2O3. The molecule has 1 heterocycles. The fourth-order valence-corrected chi connectivity index (χ4v) is 2.95. The molecule has 0 spiro atoms. The number of halogens is 2. The van der Waals surface area contributed by atoms with Crippen LogP contribution in [0.5, 0.6) is 11.5 Å². The van der Waals surface area contributed by atoms with E-state index in [-0.39, 0.29) is 5.91 Å². The minimum atomic E-state index is -0.295. The van der Waals surface area contributed by atoms with E-state index in [1.54, 1.807) is 18.2 Å². The molecule has 0 saturated heterocycles. The van der Waals surface area contributed by atoms with Gasteiger partial charge in [0.2, 0.25) is 0 Å². The molecule has 2 aromatic carbocycles. The van der Waals surface area contributed by atoms with Crippen LogP contribution in [0.1, 0.15) is 10.5 Å². The molecule has 124 valence electrons.